The molecule has 144 valence electrons. The molecule has 0 spiro atoms. The molecule has 1 fully saturated rings. The number of hydrogen-bond acceptors (Lipinski definition) is 5. The Balaban J connectivity index is 1.40. The third kappa shape index (κ3) is 3.88. The van der Waals surface area contributed by atoms with Gasteiger partial charge in [0.05, 0.1) is 5.69 Å². The number of nitrogens with one attached hydrogen (secondary N) is 1. The Labute approximate surface area is 164 Å². The molecule has 2 heterocycles. The molecule has 0 unspecified atom stereocenters. The number of carbonyl (C=O) groups excluding carboxylic acids is 1. The van der Waals surface area contributed by atoms with Crippen molar-refractivity contribution >= 4 is 17.5 Å². The van der Waals surface area contributed by atoms with Crippen LogP contribution in [0.1, 0.15) is 24.0 Å². The summed E-state index contributed by atoms with van der Waals surface area (Å²) < 4.78 is 1.75. The van der Waals surface area contributed by atoms with Gasteiger partial charge in [-0.2, -0.15) is 4.68 Å². The lowest BCUT2D eigenvalue weighted by Gasteiger charge is -2.31. The van der Waals surface area contributed by atoms with Gasteiger partial charge in [0, 0.05) is 24.7 Å². The largest absolute Gasteiger partial charge is 0.339 e. The highest BCUT2D eigenvalue weighted by Gasteiger charge is 2.27. The number of para-hydroxylation sites is 1. The van der Waals surface area contributed by atoms with Crippen LogP contribution in [0.2, 0.25) is 0 Å². The second-order valence-corrected chi connectivity index (χ2v) is 7.35. The van der Waals surface area contributed by atoms with Gasteiger partial charge in [0.1, 0.15) is 0 Å². The minimum atomic E-state index is -0.00174. The van der Waals surface area contributed by atoms with Crippen molar-refractivity contribution in [3.8, 4) is 5.69 Å². The molecule has 7 heteroatoms. The Morgan fingerprint density at radius 1 is 1.04 bits per heavy atom. The van der Waals surface area contributed by atoms with E-state index in [1.54, 1.807) is 4.68 Å². The van der Waals surface area contributed by atoms with Crippen LogP contribution in [0.4, 0.5) is 11.6 Å². The second-order valence-electron chi connectivity index (χ2n) is 7.35. The van der Waals surface area contributed by atoms with Crippen LogP contribution in [0.5, 0.6) is 0 Å². The SMILES string of the molecule is Cc1cc(C)cc(NC(=O)C2CCN(c3nnnn3-c3ccccc3)CC2)c1. The predicted octanol–water partition coefficient (Wildman–Crippen LogP) is 3.13. The van der Waals surface area contributed by atoms with Crippen molar-refractivity contribution in [1.29, 1.82) is 0 Å². The molecular formula is C21H24N6O. The average molecular weight is 376 g/mol. The molecule has 1 amide bonds. The third-order valence-corrected chi connectivity index (χ3v) is 5.09. The fourth-order valence-electron chi connectivity index (χ4n) is 3.75. The van der Waals surface area contributed by atoms with Gasteiger partial charge >= 0.3 is 0 Å². The number of aromatic nitrogens is 4. The summed E-state index contributed by atoms with van der Waals surface area (Å²) in [6, 6.07) is 16.0. The summed E-state index contributed by atoms with van der Waals surface area (Å²) in [5.41, 5.74) is 4.10. The van der Waals surface area contributed by atoms with Crippen molar-refractivity contribution in [2.75, 3.05) is 23.3 Å². The van der Waals surface area contributed by atoms with Crippen LogP contribution in [0.3, 0.4) is 0 Å². The molecular weight excluding hydrogens is 352 g/mol. The Morgan fingerprint density at radius 2 is 1.71 bits per heavy atom. The van der Waals surface area contributed by atoms with E-state index in [2.05, 4.69) is 31.8 Å². The monoisotopic (exact) mass is 376 g/mol. The lowest BCUT2D eigenvalue weighted by molar-refractivity contribution is -0.120. The van der Waals surface area contributed by atoms with Crippen LogP contribution in [-0.4, -0.2) is 39.2 Å². The van der Waals surface area contributed by atoms with Crippen LogP contribution < -0.4 is 10.2 Å². The topological polar surface area (TPSA) is 75.9 Å². The summed E-state index contributed by atoms with van der Waals surface area (Å²) >= 11 is 0. The quantitative estimate of drug-likeness (QED) is 0.757. The van der Waals surface area contributed by atoms with Crippen LogP contribution in [0.25, 0.3) is 5.69 Å². The van der Waals surface area contributed by atoms with Crippen molar-refractivity contribution in [3.63, 3.8) is 0 Å². The molecule has 1 aromatic heterocycles. The van der Waals surface area contributed by atoms with Crippen molar-refractivity contribution in [2.45, 2.75) is 26.7 Å². The number of piperidine rings is 1. The summed E-state index contributed by atoms with van der Waals surface area (Å²) in [7, 11) is 0. The molecule has 1 N–H and O–H groups in total. The molecule has 2 aromatic carbocycles. The van der Waals surface area contributed by atoms with Crippen molar-refractivity contribution in [2.24, 2.45) is 5.92 Å². The summed E-state index contributed by atoms with van der Waals surface area (Å²) in [4.78, 5) is 14.8. The number of aryl methyl sites for hydroxylation is 2. The van der Waals surface area contributed by atoms with E-state index in [1.807, 2.05) is 56.3 Å². The Kier molecular flexibility index (Phi) is 5.06. The first-order valence-electron chi connectivity index (χ1n) is 9.58. The fourth-order valence-corrected chi connectivity index (χ4v) is 3.75. The van der Waals surface area contributed by atoms with Gasteiger partial charge < -0.3 is 10.2 Å². The van der Waals surface area contributed by atoms with E-state index in [0.717, 1.165) is 54.4 Å². The van der Waals surface area contributed by atoms with E-state index < -0.39 is 0 Å². The molecule has 0 saturated carbocycles. The molecule has 1 aliphatic heterocycles. The van der Waals surface area contributed by atoms with Crippen molar-refractivity contribution in [1.82, 2.24) is 20.2 Å². The molecule has 0 aliphatic carbocycles. The van der Waals surface area contributed by atoms with E-state index in [-0.39, 0.29) is 11.8 Å². The van der Waals surface area contributed by atoms with Gasteiger partial charge in [0.25, 0.3) is 0 Å². The lowest BCUT2D eigenvalue weighted by atomic mass is 9.96. The smallest absolute Gasteiger partial charge is 0.250 e. The fraction of sp³-hybridized carbons (Fsp3) is 0.333. The maximum atomic E-state index is 12.7. The number of amides is 1. The summed E-state index contributed by atoms with van der Waals surface area (Å²) in [6.07, 6.45) is 1.55. The van der Waals surface area contributed by atoms with E-state index >= 15 is 0 Å². The van der Waals surface area contributed by atoms with Crippen molar-refractivity contribution < 1.29 is 4.79 Å². The van der Waals surface area contributed by atoms with Crippen LogP contribution in [-0.2, 0) is 4.79 Å². The second kappa shape index (κ2) is 7.80. The van der Waals surface area contributed by atoms with E-state index in [1.165, 1.54) is 0 Å². The number of carbonyl (C=O) groups is 1. The molecule has 4 rings (SSSR count). The number of anilines is 2. The zero-order chi connectivity index (χ0) is 19.5. The normalized spacial score (nSPS) is 14.9. The van der Waals surface area contributed by atoms with Gasteiger partial charge in [0.2, 0.25) is 11.9 Å². The van der Waals surface area contributed by atoms with Crippen LogP contribution in [0, 0.1) is 19.8 Å². The Bertz CT molecular complexity index is 940. The highest BCUT2D eigenvalue weighted by atomic mass is 16.1. The molecule has 7 nitrogen and oxygen atoms in total. The molecule has 0 atom stereocenters. The summed E-state index contributed by atoms with van der Waals surface area (Å²) in [5.74, 6) is 0.810. The lowest BCUT2D eigenvalue weighted by Crippen LogP contribution is -2.39. The number of rotatable bonds is 4. The molecule has 3 aromatic rings. The van der Waals surface area contributed by atoms with E-state index in [4.69, 9.17) is 0 Å². The third-order valence-electron chi connectivity index (χ3n) is 5.09. The summed E-state index contributed by atoms with van der Waals surface area (Å²) in [5, 5.41) is 15.2. The zero-order valence-corrected chi connectivity index (χ0v) is 16.2. The highest BCUT2D eigenvalue weighted by Crippen LogP contribution is 2.24. The predicted molar refractivity (Wildman–Crippen MR) is 109 cm³/mol. The first kappa shape index (κ1) is 18.2. The highest BCUT2D eigenvalue weighted by molar-refractivity contribution is 5.92. The molecule has 1 aliphatic rings. The summed E-state index contributed by atoms with van der Waals surface area (Å²) in [6.45, 7) is 5.58. The van der Waals surface area contributed by atoms with Gasteiger partial charge in [-0.1, -0.05) is 29.4 Å². The minimum absolute atomic E-state index is 0.00174. The van der Waals surface area contributed by atoms with Gasteiger partial charge in [0.15, 0.2) is 0 Å². The first-order valence-corrected chi connectivity index (χ1v) is 9.58. The molecule has 0 radical (unpaired) electrons. The van der Waals surface area contributed by atoms with Gasteiger partial charge in [-0.15, -0.1) is 0 Å². The Morgan fingerprint density at radius 3 is 2.39 bits per heavy atom. The Hall–Kier alpha value is -3.22. The van der Waals surface area contributed by atoms with Crippen molar-refractivity contribution in [3.05, 3.63) is 59.7 Å². The standard InChI is InChI=1S/C21H24N6O/c1-15-12-16(2)14-18(13-15)22-20(28)17-8-10-26(11-9-17)21-23-24-25-27(21)19-6-4-3-5-7-19/h3-7,12-14,17H,8-11H2,1-2H3,(H,22,28). The number of hydrogen-bond donors (Lipinski definition) is 1. The van der Waals surface area contributed by atoms with Gasteiger partial charge in [-0.3, -0.25) is 4.79 Å². The van der Waals surface area contributed by atoms with Gasteiger partial charge in [-0.05, 0) is 72.5 Å². The van der Waals surface area contributed by atoms with Crippen LogP contribution >= 0.6 is 0 Å². The molecule has 1 saturated heterocycles. The zero-order valence-electron chi connectivity index (χ0n) is 16.2. The van der Waals surface area contributed by atoms with E-state index in [9.17, 15) is 4.79 Å². The van der Waals surface area contributed by atoms with Gasteiger partial charge in [-0.25, -0.2) is 0 Å². The number of tetrazole rings is 1. The number of benzene rings is 2. The maximum Gasteiger partial charge on any atom is 0.250 e. The minimum Gasteiger partial charge on any atom is -0.339 e. The molecule has 0 bridgehead atoms. The van der Waals surface area contributed by atoms with E-state index in [0.29, 0.717) is 0 Å². The molecule has 28 heavy (non-hydrogen) atoms. The number of nitrogens with zero attached hydrogens (tertiary/aromatic N) is 5. The average Bonchev–Trinajstić information content (AvgIpc) is 3.18. The maximum absolute atomic E-state index is 12.7. The first-order chi connectivity index (χ1) is 13.6. The van der Waals surface area contributed by atoms with Crippen LogP contribution in [0.15, 0.2) is 48.5 Å².